The van der Waals surface area contributed by atoms with Crippen LogP contribution in [0.15, 0.2) is 40.8 Å². The Morgan fingerprint density at radius 1 is 1.36 bits per heavy atom. The summed E-state index contributed by atoms with van der Waals surface area (Å²) < 4.78 is 35.1. The Balaban J connectivity index is 2.02. The van der Waals surface area contributed by atoms with Gasteiger partial charge in [0.2, 0.25) is 0 Å². The number of carbonyl (C=O) groups excluding carboxylic acids is 1. The molecule has 3 aliphatic heterocycles. The van der Waals surface area contributed by atoms with Gasteiger partial charge in [0, 0.05) is 13.1 Å². The Kier molecular flexibility index (Phi) is 4.03. The fourth-order valence-electron chi connectivity index (χ4n) is 2.65. The predicted octanol–water partition coefficient (Wildman–Crippen LogP) is 1.43. The first kappa shape index (κ1) is 15.2. The van der Waals surface area contributed by atoms with Gasteiger partial charge in [0.15, 0.2) is 6.23 Å². The molecule has 0 aromatic heterocycles. The maximum atomic E-state index is 12.4. The zero-order valence-corrected chi connectivity index (χ0v) is 13.0. The maximum absolute atomic E-state index is 12.4. The van der Waals surface area contributed by atoms with Gasteiger partial charge in [-0.3, -0.25) is 4.90 Å². The van der Waals surface area contributed by atoms with Crippen LogP contribution in [0.3, 0.4) is 0 Å². The summed E-state index contributed by atoms with van der Waals surface area (Å²) in [6.07, 6.45) is 1.40. The van der Waals surface area contributed by atoms with Gasteiger partial charge in [-0.05, 0) is 31.0 Å². The van der Waals surface area contributed by atoms with E-state index in [1.54, 1.807) is 25.1 Å². The second-order valence-electron chi connectivity index (χ2n) is 5.19. The second kappa shape index (κ2) is 5.83. The van der Waals surface area contributed by atoms with Crippen molar-refractivity contribution in [2.24, 2.45) is 0 Å². The van der Waals surface area contributed by atoms with Gasteiger partial charge in [-0.15, -0.1) is 0 Å². The molecule has 0 radical (unpaired) electrons. The van der Waals surface area contributed by atoms with E-state index in [2.05, 4.69) is 0 Å². The molecule has 118 valence electrons. The smallest absolute Gasteiger partial charge is 0.337 e. The molecule has 0 fully saturated rings. The Bertz CT molecular complexity index is 708. The minimum absolute atomic E-state index is 0.0897. The first-order chi connectivity index (χ1) is 10.5. The Hall–Kier alpha value is -1.70. The van der Waals surface area contributed by atoms with E-state index in [0.717, 1.165) is 5.56 Å². The first-order valence-electron chi connectivity index (χ1n) is 7.15. The van der Waals surface area contributed by atoms with Crippen LogP contribution < -0.4 is 0 Å². The molecule has 0 saturated heterocycles. The normalized spacial score (nSPS) is 23.7. The van der Waals surface area contributed by atoms with Crippen molar-refractivity contribution in [3.8, 4) is 0 Å². The molecule has 7 heteroatoms. The van der Waals surface area contributed by atoms with Gasteiger partial charge in [-0.1, -0.05) is 18.2 Å². The van der Waals surface area contributed by atoms with Crippen molar-refractivity contribution < 1.29 is 22.1 Å². The predicted molar refractivity (Wildman–Crippen MR) is 78.2 cm³/mol. The topological polar surface area (TPSA) is 72.9 Å². The fraction of sp³-hybridized carbons (Fsp3) is 0.400. The summed E-state index contributed by atoms with van der Waals surface area (Å²) in [4.78, 5) is 14.0. The van der Waals surface area contributed by atoms with Crippen LogP contribution in [-0.2, 0) is 30.4 Å². The number of nitrogens with zero attached hydrogens (tertiary/aromatic N) is 1. The highest BCUT2D eigenvalue weighted by molar-refractivity contribution is 7.86. The Labute approximate surface area is 129 Å². The molecule has 2 bridgehead atoms. The van der Waals surface area contributed by atoms with Crippen LogP contribution in [0.2, 0.25) is 0 Å². The van der Waals surface area contributed by atoms with Crippen molar-refractivity contribution in [1.29, 1.82) is 0 Å². The third kappa shape index (κ3) is 2.79. The van der Waals surface area contributed by atoms with E-state index in [-0.39, 0.29) is 17.1 Å². The molecule has 1 aromatic carbocycles. The van der Waals surface area contributed by atoms with Gasteiger partial charge >= 0.3 is 5.97 Å². The molecule has 0 saturated carbocycles. The van der Waals surface area contributed by atoms with E-state index < -0.39 is 22.3 Å². The van der Waals surface area contributed by atoms with Crippen molar-refractivity contribution in [3.63, 3.8) is 0 Å². The van der Waals surface area contributed by atoms with Crippen molar-refractivity contribution in [3.05, 3.63) is 41.5 Å². The summed E-state index contributed by atoms with van der Waals surface area (Å²) in [6, 6.07) is 6.58. The minimum atomic E-state index is -3.93. The molecule has 6 nitrogen and oxygen atoms in total. The summed E-state index contributed by atoms with van der Waals surface area (Å²) in [5.41, 5.74) is 1.22. The summed E-state index contributed by atoms with van der Waals surface area (Å²) in [6.45, 7) is 3.06. The average molecular weight is 323 g/mol. The second-order valence-corrected chi connectivity index (χ2v) is 6.76. The number of fused-ring (bicyclic) bond motifs is 3. The van der Waals surface area contributed by atoms with E-state index in [4.69, 9.17) is 8.92 Å². The number of ether oxygens (including phenoxy) is 1. The summed E-state index contributed by atoms with van der Waals surface area (Å²) in [7, 11) is -3.93. The lowest BCUT2D eigenvalue weighted by molar-refractivity contribution is -0.141. The number of esters is 1. The van der Waals surface area contributed by atoms with Gasteiger partial charge in [0.25, 0.3) is 10.1 Å². The molecule has 1 aromatic rings. The van der Waals surface area contributed by atoms with Crippen LogP contribution in [0.4, 0.5) is 0 Å². The van der Waals surface area contributed by atoms with Crippen LogP contribution in [0, 0.1) is 0 Å². The van der Waals surface area contributed by atoms with Gasteiger partial charge in [-0.25, -0.2) is 8.98 Å². The molecule has 0 amide bonds. The molecule has 0 aliphatic carbocycles. The molecule has 22 heavy (non-hydrogen) atoms. The first-order valence-corrected chi connectivity index (χ1v) is 8.55. The largest absolute Gasteiger partial charge is 0.463 e. The quantitative estimate of drug-likeness (QED) is 0.605. The zero-order valence-electron chi connectivity index (χ0n) is 12.2. The van der Waals surface area contributed by atoms with Crippen molar-refractivity contribution in [1.82, 2.24) is 4.90 Å². The van der Waals surface area contributed by atoms with E-state index in [9.17, 15) is 13.2 Å². The van der Waals surface area contributed by atoms with Gasteiger partial charge < -0.3 is 4.74 Å². The van der Waals surface area contributed by atoms with Crippen LogP contribution in [0.5, 0.6) is 0 Å². The molecule has 4 rings (SSSR count). The number of rotatable bonds is 2. The van der Waals surface area contributed by atoms with E-state index in [1.807, 2.05) is 4.90 Å². The number of carbonyl (C=O) groups is 1. The highest BCUT2D eigenvalue weighted by Gasteiger charge is 2.36. The minimum Gasteiger partial charge on any atom is -0.463 e. The van der Waals surface area contributed by atoms with Crippen LogP contribution in [-0.4, -0.2) is 38.7 Å². The van der Waals surface area contributed by atoms with Gasteiger partial charge in [-0.2, -0.15) is 8.42 Å². The van der Waals surface area contributed by atoms with Gasteiger partial charge in [0.05, 0.1) is 17.1 Å². The lowest BCUT2D eigenvalue weighted by Crippen LogP contribution is -2.44. The van der Waals surface area contributed by atoms with Gasteiger partial charge in [0.1, 0.15) is 0 Å². The van der Waals surface area contributed by atoms with E-state index in [0.29, 0.717) is 19.5 Å². The van der Waals surface area contributed by atoms with Crippen molar-refractivity contribution in [2.75, 3.05) is 13.2 Å². The SMILES string of the molecule is CCOC(=O)C1=CCCN2Cc3ccc(cc3)S(=O)(=O)OC12. The summed E-state index contributed by atoms with van der Waals surface area (Å²) in [5, 5.41) is 0. The Morgan fingerprint density at radius 3 is 2.77 bits per heavy atom. The van der Waals surface area contributed by atoms with Crippen LogP contribution in [0.25, 0.3) is 0 Å². The lowest BCUT2D eigenvalue weighted by atomic mass is 10.1. The van der Waals surface area contributed by atoms with E-state index >= 15 is 0 Å². The molecule has 3 heterocycles. The van der Waals surface area contributed by atoms with Crippen molar-refractivity contribution in [2.45, 2.75) is 31.0 Å². The van der Waals surface area contributed by atoms with Crippen LogP contribution >= 0.6 is 0 Å². The zero-order chi connectivity index (χ0) is 15.7. The molecule has 1 unspecified atom stereocenters. The van der Waals surface area contributed by atoms with Crippen LogP contribution in [0.1, 0.15) is 18.9 Å². The molecular formula is C15H17NO5S. The maximum Gasteiger partial charge on any atom is 0.337 e. The lowest BCUT2D eigenvalue weighted by Gasteiger charge is -2.33. The third-order valence-electron chi connectivity index (χ3n) is 3.70. The Morgan fingerprint density at radius 2 is 2.09 bits per heavy atom. The third-order valence-corrected chi connectivity index (χ3v) is 4.99. The highest BCUT2D eigenvalue weighted by atomic mass is 32.2. The molecule has 3 aliphatic rings. The molecule has 1 atom stereocenters. The number of hydrogen-bond donors (Lipinski definition) is 0. The van der Waals surface area contributed by atoms with E-state index in [1.165, 1.54) is 12.1 Å². The molecule has 0 N–H and O–H groups in total. The average Bonchev–Trinajstić information content (AvgIpc) is 2.57. The molecule has 0 spiro atoms. The monoisotopic (exact) mass is 323 g/mol. The standard InChI is InChI=1S/C15H17NO5S/c1-2-20-15(17)13-4-3-9-16-10-11-5-7-12(8-6-11)22(18,19)21-14(13)16/h4-8,14H,2-3,9-10H2,1H3. The molecular weight excluding hydrogens is 306 g/mol. The highest BCUT2D eigenvalue weighted by Crippen LogP contribution is 2.28. The van der Waals surface area contributed by atoms with Crippen molar-refractivity contribution >= 4 is 16.1 Å². The number of hydrogen-bond acceptors (Lipinski definition) is 6. The number of benzene rings is 1. The fourth-order valence-corrected chi connectivity index (χ4v) is 3.69. The summed E-state index contributed by atoms with van der Waals surface area (Å²) in [5.74, 6) is -0.532. The summed E-state index contributed by atoms with van der Waals surface area (Å²) >= 11 is 0.